The van der Waals surface area contributed by atoms with Gasteiger partial charge < -0.3 is 4.42 Å². The van der Waals surface area contributed by atoms with Crippen molar-refractivity contribution in [2.75, 3.05) is 0 Å². The predicted molar refractivity (Wildman–Crippen MR) is 104 cm³/mol. The first-order valence-electron chi connectivity index (χ1n) is 8.39. The molecule has 0 amide bonds. The third kappa shape index (κ3) is 2.45. The van der Waals surface area contributed by atoms with Crippen molar-refractivity contribution in [3.63, 3.8) is 0 Å². The Morgan fingerprint density at radius 1 is 0.889 bits per heavy atom. The Balaban J connectivity index is 1.78. The number of fused-ring (bicyclic) bond motifs is 2. The van der Waals surface area contributed by atoms with Crippen LogP contribution in [0.5, 0.6) is 0 Å². The van der Waals surface area contributed by atoms with E-state index in [2.05, 4.69) is 4.98 Å². The van der Waals surface area contributed by atoms with Crippen molar-refractivity contribution in [3.05, 3.63) is 85.4 Å². The van der Waals surface area contributed by atoms with Gasteiger partial charge in [-0.3, -0.25) is 0 Å². The highest BCUT2D eigenvalue weighted by molar-refractivity contribution is 7.90. The molecular formula is C21H14N2O3S. The highest BCUT2D eigenvalue weighted by Gasteiger charge is 2.21. The van der Waals surface area contributed by atoms with Crippen molar-refractivity contribution in [2.24, 2.45) is 0 Å². The van der Waals surface area contributed by atoms with Gasteiger partial charge in [0.2, 0.25) is 0 Å². The van der Waals surface area contributed by atoms with Gasteiger partial charge in [0.05, 0.1) is 10.4 Å². The number of nitrogens with zero attached hydrogens (tertiary/aromatic N) is 2. The normalized spacial score (nSPS) is 12.0. The van der Waals surface area contributed by atoms with Crippen molar-refractivity contribution >= 4 is 32.0 Å². The molecule has 0 spiro atoms. The first-order chi connectivity index (χ1) is 13.1. The van der Waals surface area contributed by atoms with Crippen molar-refractivity contribution in [2.45, 2.75) is 4.90 Å². The Labute approximate surface area is 155 Å². The van der Waals surface area contributed by atoms with Gasteiger partial charge in [0, 0.05) is 17.1 Å². The molecule has 0 aliphatic carbocycles. The van der Waals surface area contributed by atoms with E-state index in [9.17, 15) is 8.42 Å². The van der Waals surface area contributed by atoms with Gasteiger partial charge in [0.25, 0.3) is 10.0 Å². The summed E-state index contributed by atoms with van der Waals surface area (Å²) in [5.41, 5.74) is 3.77. The van der Waals surface area contributed by atoms with Crippen LogP contribution in [0, 0.1) is 0 Å². The molecule has 5 nitrogen and oxygen atoms in total. The SMILES string of the molecule is O=S(=O)(c1ccccc1)n1cc(-c2ccc3ocnc3c2)c2ccccc21. The van der Waals surface area contributed by atoms with Crippen LogP contribution in [0.3, 0.4) is 0 Å². The van der Waals surface area contributed by atoms with Crippen LogP contribution < -0.4 is 0 Å². The average Bonchev–Trinajstić information content (AvgIpc) is 3.33. The maximum Gasteiger partial charge on any atom is 0.268 e. The second-order valence-corrected chi connectivity index (χ2v) is 8.02. The van der Waals surface area contributed by atoms with Crippen molar-refractivity contribution in [1.82, 2.24) is 8.96 Å². The summed E-state index contributed by atoms with van der Waals surface area (Å²) in [7, 11) is -3.70. The number of hydrogen-bond acceptors (Lipinski definition) is 4. The predicted octanol–water partition coefficient (Wildman–Crippen LogP) is 4.69. The average molecular weight is 374 g/mol. The number of benzene rings is 3. The zero-order chi connectivity index (χ0) is 18.4. The summed E-state index contributed by atoms with van der Waals surface area (Å²) >= 11 is 0. The zero-order valence-electron chi connectivity index (χ0n) is 14.1. The van der Waals surface area contributed by atoms with Gasteiger partial charge in [0.15, 0.2) is 12.0 Å². The molecule has 6 heteroatoms. The topological polar surface area (TPSA) is 65.1 Å². The van der Waals surface area contributed by atoms with E-state index in [1.807, 2.05) is 42.5 Å². The van der Waals surface area contributed by atoms with E-state index >= 15 is 0 Å². The van der Waals surface area contributed by atoms with Crippen LogP contribution in [0.25, 0.3) is 33.1 Å². The molecule has 0 fully saturated rings. The Morgan fingerprint density at radius 2 is 1.67 bits per heavy atom. The summed E-state index contributed by atoms with van der Waals surface area (Å²) in [5.74, 6) is 0. The van der Waals surface area contributed by atoms with E-state index < -0.39 is 10.0 Å². The van der Waals surface area contributed by atoms with E-state index in [1.165, 1.54) is 10.4 Å². The standard InChI is InChI=1S/C21H14N2O3S/c24-27(25,16-6-2-1-3-7-16)23-13-18(17-8-4-5-9-20(17)23)15-10-11-21-19(12-15)22-14-26-21/h1-14H. The van der Waals surface area contributed by atoms with Crippen LogP contribution in [-0.4, -0.2) is 17.4 Å². The third-order valence-corrected chi connectivity index (χ3v) is 6.31. The van der Waals surface area contributed by atoms with Gasteiger partial charge in [-0.05, 0) is 35.9 Å². The molecule has 0 atom stereocenters. The first-order valence-corrected chi connectivity index (χ1v) is 9.83. The van der Waals surface area contributed by atoms with Crippen molar-refractivity contribution in [1.29, 1.82) is 0 Å². The quantitative estimate of drug-likeness (QED) is 0.460. The maximum absolute atomic E-state index is 13.2. The summed E-state index contributed by atoms with van der Waals surface area (Å²) in [6, 6.07) is 21.6. The molecule has 0 saturated heterocycles. The molecule has 0 radical (unpaired) electrons. The minimum Gasteiger partial charge on any atom is -0.443 e. The van der Waals surface area contributed by atoms with Crippen LogP contribution in [-0.2, 0) is 10.0 Å². The molecule has 0 saturated carbocycles. The van der Waals surface area contributed by atoms with Crippen LogP contribution in [0.4, 0.5) is 0 Å². The Hall–Kier alpha value is -3.38. The van der Waals surface area contributed by atoms with Gasteiger partial charge in [-0.1, -0.05) is 42.5 Å². The molecular weight excluding hydrogens is 360 g/mol. The van der Waals surface area contributed by atoms with E-state index in [4.69, 9.17) is 4.42 Å². The van der Waals surface area contributed by atoms with Gasteiger partial charge >= 0.3 is 0 Å². The molecule has 0 bridgehead atoms. The van der Waals surface area contributed by atoms with Crippen LogP contribution >= 0.6 is 0 Å². The van der Waals surface area contributed by atoms with Crippen molar-refractivity contribution in [3.8, 4) is 11.1 Å². The molecule has 0 N–H and O–H groups in total. The zero-order valence-corrected chi connectivity index (χ0v) is 14.9. The van der Waals surface area contributed by atoms with Crippen molar-refractivity contribution < 1.29 is 12.8 Å². The molecule has 2 heterocycles. The lowest BCUT2D eigenvalue weighted by atomic mass is 10.0. The number of rotatable bonds is 3. The summed E-state index contributed by atoms with van der Waals surface area (Å²) in [6.07, 6.45) is 3.08. The van der Waals surface area contributed by atoms with Crippen LogP contribution in [0.1, 0.15) is 0 Å². The molecule has 0 aliphatic heterocycles. The molecule has 0 aliphatic rings. The van der Waals surface area contributed by atoms with Crippen LogP contribution in [0.2, 0.25) is 0 Å². The van der Waals surface area contributed by atoms with E-state index in [0.29, 0.717) is 11.1 Å². The highest BCUT2D eigenvalue weighted by atomic mass is 32.2. The number of para-hydroxylation sites is 1. The number of aromatic nitrogens is 2. The Morgan fingerprint density at radius 3 is 2.52 bits per heavy atom. The Bertz CT molecular complexity index is 1380. The summed E-state index contributed by atoms with van der Waals surface area (Å²) in [6.45, 7) is 0. The van der Waals surface area contributed by atoms with Gasteiger partial charge in [-0.15, -0.1) is 0 Å². The van der Waals surface area contributed by atoms with E-state index in [1.54, 1.807) is 36.5 Å². The second kappa shape index (κ2) is 5.82. The number of oxazole rings is 1. The summed E-state index contributed by atoms with van der Waals surface area (Å²) < 4.78 is 33.0. The van der Waals surface area contributed by atoms with Gasteiger partial charge in [-0.25, -0.2) is 17.4 Å². The molecule has 0 unspecified atom stereocenters. The highest BCUT2D eigenvalue weighted by Crippen LogP contribution is 2.34. The molecule has 3 aromatic carbocycles. The van der Waals surface area contributed by atoms with Crippen LogP contribution in [0.15, 0.2) is 94.7 Å². The summed E-state index contributed by atoms with van der Waals surface area (Å²) in [5, 5.41) is 0.861. The third-order valence-electron chi connectivity index (χ3n) is 4.62. The smallest absolute Gasteiger partial charge is 0.268 e. The lowest BCUT2D eigenvalue weighted by Crippen LogP contribution is -2.11. The van der Waals surface area contributed by atoms with E-state index in [0.717, 1.165) is 22.0 Å². The molecule has 2 aromatic heterocycles. The molecule has 5 rings (SSSR count). The second-order valence-electron chi connectivity index (χ2n) is 6.21. The number of hydrogen-bond donors (Lipinski definition) is 0. The first kappa shape index (κ1) is 15.8. The molecule has 5 aromatic rings. The van der Waals surface area contributed by atoms with E-state index in [-0.39, 0.29) is 4.90 Å². The molecule has 27 heavy (non-hydrogen) atoms. The fourth-order valence-corrected chi connectivity index (χ4v) is 4.70. The minimum absolute atomic E-state index is 0.254. The summed E-state index contributed by atoms with van der Waals surface area (Å²) in [4.78, 5) is 4.45. The van der Waals surface area contributed by atoms with Gasteiger partial charge in [0.1, 0.15) is 5.52 Å². The maximum atomic E-state index is 13.2. The Kier molecular flexibility index (Phi) is 3.42. The van der Waals surface area contributed by atoms with Gasteiger partial charge in [-0.2, -0.15) is 0 Å². The molecule has 132 valence electrons. The fraction of sp³-hybridized carbons (Fsp3) is 0. The lowest BCUT2D eigenvalue weighted by Gasteiger charge is -2.07. The monoisotopic (exact) mass is 374 g/mol. The lowest BCUT2D eigenvalue weighted by molar-refractivity contribution is 0.589. The minimum atomic E-state index is -3.70. The largest absolute Gasteiger partial charge is 0.443 e. The fourth-order valence-electron chi connectivity index (χ4n) is 3.31.